The largest absolute Gasteiger partial charge is 0.497 e. The molecule has 4 aromatic rings. The second kappa shape index (κ2) is 17.1. The predicted molar refractivity (Wildman–Crippen MR) is 162 cm³/mol. The Morgan fingerprint density at radius 1 is 0.674 bits per heavy atom. The number of ether oxygens (including phenoxy) is 5. The van der Waals surface area contributed by atoms with Crippen molar-refractivity contribution < 1.29 is 28.5 Å². The van der Waals surface area contributed by atoms with Crippen LogP contribution in [0.5, 0.6) is 23.3 Å². The zero-order chi connectivity index (χ0) is 30.1. The van der Waals surface area contributed by atoms with E-state index in [1.165, 1.54) is 0 Å². The highest BCUT2D eigenvalue weighted by molar-refractivity contribution is 5.94. The molecule has 43 heavy (non-hydrogen) atoms. The van der Waals surface area contributed by atoms with Gasteiger partial charge in [0.2, 0.25) is 11.9 Å². The third-order valence-corrected chi connectivity index (χ3v) is 5.90. The van der Waals surface area contributed by atoms with Crippen molar-refractivity contribution in [2.75, 3.05) is 64.4 Å². The highest BCUT2D eigenvalue weighted by atomic mass is 16.5. The number of rotatable bonds is 18. The van der Waals surface area contributed by atoms with E-state index in [1.54, 1.807) is 32.4 Å². The number of carbonyl (C=O) groups excluding carboxylic acids is 1. The van der Waals surface area contributed by atoms with Gasteiger partial charge in [0.1, 0.15) is 17.2 Å². The van der Waals surface area contributed by atoms with Gasteiger partial charge in [0, 0.05) is 31.3 Å². The first-order valence-electron chi connectivity index (χ1n) is 13.8. The first-order valence-corrected chi connectivity index (χ1v) is 13.8. The zero-order valence-corrected chi connectivity index (χ0v) is 24.2. The van der Waals surface area contributed by atoms with Gasteiger partial charge in [-0.05, 0) is 42.0 Å². The van der Waals surface area contributed by atoms with E-state index in [4.69, 9.17) is 23.7 Å². The molecule has 4 rings (SSSR count). The number of carbonyl (C=O) groups is 1. The van der Waals surface area contributed by atoms with Crippen LogP contribution in [0.25, 0.3) is 0 Å². The molecule has 1 amide bonds. The number of benzene rings is 3. The van der Waals surface area contributed by atoms with Crippen LogP contribution in [0, 0.1) is 0 Å². The molecular formula is C31H36N6O6. The Bertz CT molecular complexity index is 1390. The molecule has 0 aliphatic carbocycles. The van der Waals surface area contributed by atoms with Crippen LogP contribution in [0.1, 0.15) is 15.9 Å². The Kier molecular flexibility index (Phi) is 12.3. The van der Waals surface area contributed by atoms with Crippen LogP contribution in [0.4, 0.5) is 11.9 Å². The molecule has 0 fully saturated rings. The lowest BCUT2D eigenvalue weighted by Gasteiger charge is -2.12. The minimum absolute atomic E-state index is 0.124. The van der Waals surface area contributed by atoms with Gasteiger partial charge >= 0.3 is 6.01 Å². The van der Waals surface area contributed by atoms with E-state index in [0.29, 0.717) is 80.8 Å². The SMILES string of the molecule is COc1cc(CNc2nc(NCCOCCOCCNC(=O)c3ccccc3)nc(Oc3ccccc3)n2)cc(OC)c1. The number of anilines is 2. The smallest absolute Gasteiger partial charge is 0.328 e. The number of nitrogens with one attached hydrogen (secondary N) is 3. The molecule has 3 N–H and O–H groups in total. The van der Waals surface area contributed by atoms with Gasteiger partial charge < -0.3 is 39.6 Å². The van der Waals surface area contributed by atoms with E-state index < -0.39 is 0 Å². The van der Waals surface area contributed by atoms with Gasteiger partial charge in [-0.15, -0.1) is 0 Å². The molecule has 3 aromatic carbocycles. The van der Waals surface area contributed by atoms with E-state index in [2.05, 4.69) is 30.9 Å². The Hall–Kier alpha value is -4.94. The summed E-state index contributed by atoms with van der Waals surface area (Å²) in [6.45, 7) is 2.91. The fraction of sp³-hybridized carbons (Fsp3) is 0.290. The van der Waals surface area contributed by atoms with Gasteiger partial charge in [0.05, 0.1) is 40.6 Å². The van der Waals surface area contributed by atoms with E-state index in [-0.39, 0.29) is 11.9 Å². The molecule has 226 valence electrons. The van der Waals surface area contributed by atoms with E-state index >= 15 is 0 Å². The Balaban J connectivity index is 1.22. The molecule has 1 aromatic heterocycles. The maximum Gasteiger partial charge on any atom is 0.328 e. The number of para-hydroxylation sites is 1. The number of aromatic nitrogens is 3. The monoisotopic (exact) mass is 588 g/mol. The predicted octanol–water partition coefficient (Wildman–Crippen LogP) is 4.17. The van der Waals surface area contributed by atoms with Crippen LogP contribution in [0.15, 0.2) is 78.9 Å². The lowest BCUT2D eigenvalue weighted by molar-refractivity contribution is 0.0519. The molecule has 0 bridgehead atoms. The number of hydrogen-bond acceptors (Lipinski definition) is 11. The second-order valence-corrected chi connectivity index (χ2v) is 9.03. The standard InChI is InChI=1S/C31H36N6O6/c1-39-26-19-23(20-27(21-26)40-2)22-34-30-35-29(36-31(37-30)43-25-11-7-4-8-12-25)33-14-16-42-18-17-41-15-13-32-28(38)24-9-5-3-6-10-24/h3-12,19-21H,13-18,22H2,1-2H3,(H,32,38)(H2,33,34,35,36,37). The summed E-state index contributed by atoms with van der Waals surface area (Å²) >= 11 is 0. The number of methoxy groups -OCH3 is 2. The summed E-state index contributed by atoms with van der Waals surface area (Å²) in [5, 5.41) is 9.18. The number of amides is 1. The van der Waals surface area contributed by atoms with Crippen molar-refractivity contribution in [2.24, 2.45) is 0 Å². The zero-order valence-electron chi connectivity index (χ0n) is 24.2. The van der Waals surface area contributed by atoms with Crippen molar-refractivity contribution in [3.05, 3.63) is 90.0 Å². The molecule has 0 radical (unpaired) electrons. The minimum atomic E-state index is -0.124. The fourth-order valence-electron chi connectivity index (χ4n) is 3.79. The number of nitrogens with zero attached hydrogens (tertiary/aromatic N) is 3. The van der Waals surface area contributed by atoms with Crippen molar-refractivity contribution >= 4 is 17.8 Å². The molecule has 0 aliphatic rings. The third-order valence-electron chi connectivity index (χ3n) is 5.90. The van der Waals surface area contributed by atoms with Crippen molar-refractivity contribution in [1.82, 2.24) is 20.3 Å². The molecule has 0 aliphatic heterocycles. The van der Waals surface area contributed by atoms with Crippen molar-refractivity contribution in [2.45, 2.75) is 6.54 Å². The molecule has 12 heteroatoms. The first-order chi connectivity index (χ1) is 21.1. The molecule has 0 spiro atoms. The maximum absolute atomic E-state index is 12.0. The van der Waals surface area contributed by atoms with Crippen molar-refractivity contribution in [3.8, 4) is 23.3 Å². The lowest BCUT2D eigenvalue weighted by atomic mass is 10.2. The van der Waals surface area contributed by atoms with Gasteiger partial charge in [-0.2, -0.15) is 15.0 Å². The summed E-state index contributed by atoms with van der Waals surface area (Å²) < 4.78 is 27.8. The van der Waals surface area contributed by atoms with Crippen molar-refractivity contribution in [3.63, 3.8) is 0 Å². The normalized spacial score (nSPS) is 10.6. The summed E-state index contributed by atoms with van der Waals surface area (Å²) in [4.78, 5) is 25.3. The number of hydrogen-bond donors (Lipinski definition) is 3. The van der Waals surface area contributed by atoms with E-state index in [1.807, 2.05) is 60.7 Å². The summed E-state index contributed by atoms with van der Waals surface area (Å²) in [7, 11) is 3.21. The fourth-order valence-corrected chi connectivity index (χ4v) is 3.79. The van der Waals surface area contributed by atoms with Gasteiger partial charge in [-0.3, -0.25) is 4.79 Å². The van der Waals surface area contributed by atoms with Gasteiger partial charge in [0.15, 0.2) is 0 Å². The van der Waals surface area contributed by atoms with Gasteiger partial charge in [-0.25, -0.2) is 0 Å². The quantitative estimate of drug-likeness (QED) is 0.144. The Labute approximate surface area is 250 Å². The molecule has 0 unspecified atom stereocenters. The average Bonchev–Trinajstić information content (AvgIpc) is 3.05. The first kappa shape index (κ1) is 31.0. The topological polar surface area (TPSA) is 138 Å². The lowest BCUT2D eigenvalue weighted by Crippen LogP contribution is -2.27. The maximum atomic E-state index is 12.0. The summed E-state index contributed by atoms with van der Waals surface area (Å²) in [5.74, 6) is 2.51. The highest BCUT2D eigenvalue weighted by Crippen LogP contribution is 2.24. The van der Waals surface area contributed by atoms with Crippen LogP contribution in [0.3, 0.4) is 0 Å². The van der Waals surface area contributed by atoms with Gasteiger partial charge in [0.25, 0.3) is 5.91 Å². The van der Waals surface area contributed by atoms with Crippen LogP contribution in [-0.4, -0.2) is 74.6 Å². The van der Waals surface area contributed by atoms with E-state index in [9.17, 15) is 4.79 Å². The van der Waals surface area contributed by atoms with E-state index in [0.717, 1.165) is 5.56 Å². The summed E-state index contributed by atoms with van der Waals surface area (Å²) in [6, 6.07) is 24.1. The van der Waals surface area contributed by atoms with Crippen molar-refractivity contribution in [1.29, 1.82) is 0 Å². The molecule has 0 atom stereocenters. The molecular weight excluding hydrogens is 552 g/mol. The highest BCUT2D eigenvalue weighted by Gasteiger charge is 2.10. The van der Waals surface area contributed by atoms with Crippen LogP contribution < -0.4 is 30.2 Å². The second-order valence-electron chi connectivity index (χ2n) is 9.03. The molecule has 0 saturated heterocycles. The van der Waals surface area contributed by atoms with Gasteiger partial charge in [-0.1, -0.05) is 36.4 Å². The molecule has 1 heterocycles. The molecule has 12 nitrogen and oxygen atoms in total. The van der Waals surface area contributed by atoms with Crippen LogP contribution in [-0.2, 0) is 16.0 Å². The van der Waals surface area contributed by atoms with Crippen LogP contribution in [0.2, 0.25) is 0 Å². The van der Waals surface area contributed by atoms with Crippen LogP contribution >= 0.6 is 0 Å². The summed E-state index contributed by atoms with van der Waals surface area (Å²) in [6.07, 6.45) is 0. The minimum Gasteiger partial charge on any atom is -0.497 e. The third kappa shape index (κ3) is 10.8. The Morgan fingerprint density at radius 3 is 1.93 bits per heavy atom. The average molecular weight is 589 g/mol. The summed E-state index contributed by atoms with van der Waals surface area (Å²) in [5.41, 5.74) is 1.54. The Morgan fingerprint density at radius 2 is 1.28 bits per heavy atom. The molecule has 0 saturated carbocycles.